The van der Waals surface area contributed by atoms with Crippen LogP contribution in [0.25, 0.3) is 0 Å². The predicted molar refractivity (Wildman–Crippen MR) is 81.5 cm³/mol. The summed E-state index contributed by atoms with van der Waals surface area (Å²) in [6.07, 6.45) is 1.40. The third-order valence-corrected chi connectivity index (χ3v) is 3.13. The molecule has 0 amide bonds. The Labute approximate surface area is 118 Å². The van der Waals surface area contributed by atoms with Gasteiger partial charge in [0.05, 0.1) is 12.7 Å². The van der Waals surface area contributed by atoms with Gasteiger partial charge in [-0.15, -0.1) is 0 Å². The topological polar surface area (TPSA) is 24.5 Å². The largest absolute Gasteiger partial charge is 0.377 e. The van der Waals surface area contributed by atoms with E-state index in [2.05, 4.69) is 55.4 Å². The Morgan fingerprint density at radius 2 is 1.89 bits per heavy atom. The number of ether oxygens (including phenoxy) is 1. The minimum absolute atomic E-state index is 0.316. The summed E-state index contributed by atoms with van der Waals surface area (Å²) in [6.45, 7) is 7.93. The standard InChI is InChI=1S/C16H28N2O/c1-14(2)19-12-11-18(4)13-16-8-6-5-7-15(16)9-10-17-3/h5-8,14,17H,9-13H2,1-4H3. The van der Waals surface area contributed by atoms with Crippen molar-refractivity contribution < 1.29 is 4.74 Å². The van der Waals surface area contributed by atoms with Crippen LogP contribution in [0.2, 0.25) is 0 Å². The van der Waals surface area contributed by atoms with Crippen molar-refractivity contribution in [2.24, 2.45) is 0 Å². The van der Waals surface area contributed by atoms with Gasteiger partial charge in [-0.2, -0.15) is 0 Å². The summed E-state index contributed by atoms with van der Waals surface area (Å²) in [7, 11) is 4.15. The highest BCUT2D eigenvalue weighted by molar-refractivity contribution is 5.27. The van der Waals surface area contributed by atoms with Crippen LogP contribution in [0.15, 0.2) is 24.3 Å². The van der Waals surface area contributed by atoms with Crippen molar-refractivity contribution in [1.29, 1.82) is 0 Å². The summed E-state index contributed by atoms with van der Waals surface area (Å²) in [5.74, 6) is 0. The van der Waals surface area contributed by atoms with Gasteiger partial charge in [0.1, 0.15) is 0 Å². The van der Waals surface area contributed by atoms with Crippen molar-refractivity contribution in [3.8, 4) is 0 Å². The molecule has 3 nitrogen and oxygen atoms in total. The van der Waals surface area contributed by atoms with Crippen LogP contribution in [0.5, 0.6) is 0 Å². The van der Waals surface area contributed by atoms with Crippen molar-refractivity contribution in [2.75, 3.05) is 33.8 Å². The second kappa shape index (κ2) is 9.08. The van der Waals surface area contributed by atoms with E-state index in [4.69, 9.17) is 4.74 Å². The summed E-state index contributed by atoms with van der Waals surface area (Å²) < 4.78 is 5.59. The van der Waals surface area contributed by atoms with Gasteiger partial charge in [0.25, 0.3) is 0 Å². The quantitative estimate of drug-likeness (QED) is 0.741. The molecule has 0 saturated carbocycles. The van der Waals surface area contributed by atoms with Gasteiger partial charge in [-0.3, -0.25) is 4.90 Å². The van der Waals surface area contributed by atoms with Gasteiger partial charge in [0, 0.05) is 13.1 Å². The van der Waals surface area contributed by atoms with E-state index < -0.39 is 0 Å². The van der Waals surface area contributed by atoms with Crippen LogP contribution in [0.3, 0.4) is 0 Å². The van der Waals surface area contributed by atoms with Gasteiger partial charge in [0.15, 0.2) is 0 Å². The van der Waals surface area contributed by atoms with E-state index in [0.29, 0.717) is 6.10 Å². The first-order valence-electron chi connectivity index (χ1n) is 7.15. The molecular weight excluding hydrogens is 236 g/mol. The van der Waals surface area contributed by atoms with Gasteiger partial charge < -0.3 is 10.1 Å². The zero-order chi connectivity index (χ0) is 14.1. The SMILES string of the molecule is CNCCc1ccccc1CN(C)CCOC(C)C. The van der Waals surface area contributed by atoms with Crippen LogP contribution in [0.4, 0.5) is 0 Å². The van der Waals surface area contributed by atoms with Gasteiger partial charge in [-0.1, -0.05) is 24.3 Å². The van der Waals surface area contributed by atoms with Crippen LogP contribution in [0, 0.1) is 0 Å². The zero-order valence-corrected chi connectivity index (χ0v) is 12.8. The van der Waals surface area contributed by atoms with Crippen LogP contribution in [-0.4, -0.2) is 44.8 Å². The summed E-state index contributed by atoms with van der Waals surface area (Å²) in [6, 6.07) is 8.70. The number of likely N-dealkylation sites (N-methyl/N-ethyl adjacent to an activating group) is 2. The second-order valence-electron chi connectivity index (χ2n) is 5.28. The number of hydrogen-bond acceptors (Lipinski definition) is 3. The lowest BCUT2D eigenvalue weighted by Crippen LogP contribution is -2.24. The number of benzene rings is 1. The lowest BCUT2D eigenvalue weighted by Gasteiger charge is -2.19. The zero-order valence-electron chi connectivity index (χ0n) is 12.8. The molecule has 0 aliphatic rings. The van der Waals surface area contributed by atoms with Crippen molar-refractivity contribution in [2.45, 2.75) is 32.9 Å². The lowest BCUT2D eigenvalue weighted by atomic mass is 10.0. The molecule has 0 saturated heterocycles. The second-order valence-corrected chi connectivity index (χ2v) is 5.28. The molecule has 3 heteroatoms. The first-order chi connectivity index (χ1) is 9.13. The van der Waals surface area contributed by atoms with E-state index in [-0.39, 0.29) is 0 Å². The highest BCUT2D eigenvalue weighted by Gasteiger charge is 2.05. The highest BCUT2D eigenvalue weighted by atomic mass is 16.5. The molecule has 1 N–H and O–H groups in total. The number of nitrogens with zero attached hydrogens (tertiary/aromatic N) is 1. The average Bonchev–Trinajstić information content (AvgIpc) is 2.37. The van der Waals surface area contributed by atoms with Crippen LogP contribution < -0.4 is 5.32 Å². The molecule has 1 aromatic rings. The van der Waals surface area contributed by atoms with Crippen LogP contribution in [0.1, 0.15) is 25.0 Å². The van der Waals surface area contributed by atoms with E-state index in [1.54, 1.807) is 0 Å². The Balaban J connectivity index is 2.46. The minimum Gasteiger partial charge on any atom is -0.377 e. The highest BCUT2D eigenvalue weighted by Crippen LogP contribution is 2.11. The van der Waals surface area contributed by atoms with E-state index in [1.165, 1.54) is 11.1 Å². The first-order valence-corrected chi connectivity index (χ1v) is 7.15. The molecule has 0 aromatic heterocycles. The lowest BCUT2D eigenvalue weighted by molar-refractivity contribution is 0.0626. The molecule has 0 bridgehead atoms. The maximum absolute atomic E-state index is 5.59. The molecule has 0 unspecified atom stereocenters. The molecule has 0 atom stereocenters. The summed E-state index contributed by atoms with van der Waals surface area (Å²) >= 11 is 0. The third-order valence-electron chi connectivity index (χ3n) is 3.13. The van der Waals surface area contributed by atoms with Gasteiger partial charge in [-0.25, -0.2) is 0 Å². The molecule has 1 rings (SSSR count). The van der Waals surface area contributed by atoms with Gasteiger partial charge in [-0.05, 0) is 52.0 Å². The minimum atomic E-state index is 0.316. The Bertz CT molecular complexity index is 352. The fraction of sp³-hybridized carbons (Fsp3) is 0.625. The normalized spacial score (nSPS) is 11.5. The predicted octanol–water partition coefficient (Wildman–Crippen LogP) is 2.31. The molecular formula is C16H28N2O. The fourth-order valence-electron chi connectivity index (χ4n) is 2.03. The van der Waals surface area contributed by atoms with Crippen molar-refractivity contribution in [3.63, 3.8) is 0 Å². The molecule has 0 radical (unpaired) electrons. The molecule has 0 aliphatic heterocycles. The molecule has 108 valence electrons. The third kappa shape index (κ3) is 6.71. The molecule has 0 spiro atoms. The maximum Gasteiger partial charge on any atom is 0.0596 e. The van der Waals surface area contributed by atoms with Gasteiger partial charge >= 0.3 is 0 Å². The summed E-state index contributed by atoms with van der Waals surface area (Å²) in [5, 5.41) is 3.21. The smallest absolute Gasteiger partial charge is 0.0596 e. The molecule has 0 fully saturated rings. The van der Waals surface area contributed by atoms with Crippen molar-refractivity contribution in [3.05, 3.63) is 35.4 Å². The Morgan fingerprint density at radius 3 is 2.53 bits per heavy atom. The van der Waals surface area contributed by atoms with Gasteiger partial charge in [0.2, 0.25) is 0 Å². The Kier molecular flexibility index (Phi) is 7.72. The van der Waals surface area contributed by atoms with E-state index in [1.807, 2.05) is 7.05 Å². The molecule has 19 heavy (non-hydrogen) atoms. The molecule has 0 aliphatic carbocycles. The van der Waals surface area contributed by atoms with E-state index in [9.17, 15) is 0 Å². The number of rotatable bonds is 9. The van der Waals surface area contributed by atoms with Crippen molar-refractivity contribution in [1.82, 2.24) is 10.2 Å². The Hall–Kier alpha value is -0.900. The maximum atomic E-state index is 5.59. The molecule has 0 heterocycles. The number of nitrogens with one attached hydrogen (secondary N) is 1. The summed E-state index contributed by atoms with van der Waals surface area (Å²) in [4.78, 5) is 2.32. The Morgan fingerprint density at radius 1 is 1.21 bits per heavy atom. The summed E-state index contributed by atoms with van der Waals surface area (Å²) in [5.41, 5.74) is 2.86. The first kappa shape index (κ1) is 16.2. The fourth-order valence-corrected chi connectivity index (χ4v) is 2.03. The van der Waals surface area contributed by atoms with Crippen molar-refractivity contribution >= 4 is 0 Å². The van der Waals surface area contributed by atoms with E-state index >= 15 is 0 Å². The van der Waals surface area contributed by atoms with Crippen LogP contribution >= 0.6 is 0 Å². The van der Waals surface area contributed by atoms with E-state index in [0.717, 1.165) is 32.7 Å². The average molecular weight is 264 g/mol. The monoisotopic (exact) mass is 264 g/mol. The van der Waals surface area contributed by atoms with Crippen LogP contribution in [-0.2, 0) is 17.7 Å². The number of hydrogen-bond donors (Lipinski definition) is 1. The molecule has 1 aromatic carbocycles.